The van der Waals surface area contributed by atoms with Gasteiger partial charge in [0.05, 0.1) is 12.0 Å². The van der Waals surface area contributed by atoms with Crippen LogP contribution in [0.1, 0.15) is 19.6 Å². The summed E-state index contributed by atoms with van der Waals surface area (Å²) >= 11 is 6.21. The summed E-state index contributed by atoms with van der Waals surface area (Å²) in [5.41, 5.74) is 0.320. The van der Waals surface area contributed by atoms with Crippen molar-refractivity contribution in [2.75, 3.05) is 11.5 Å². The summed E-state index contributed by atoms with van der Waals surface area (Å²) in [6.45, 7) is 4.46. The highest BCUT2D eigenvalue weighted by molar-refractivity contribution is 7.98. The van der Waals surface area contributed by atoms with Gasteiger partial charge in [-0.15, -0.1) is 0 Å². The number of furan rings is 1. The molecule has 0 amide bonds. The molecule has 0 aliphatic carbocycles. The van der Waals surface area contributed by atoms with E-state index in [4.69, 9.17) is 4.42 Å². The minimum absolute atomic E-state index is 0.320. The van der Waals surface area contributed by atoms with Gasteiger partial charge in [-0.25, -0.2) is 0 Å². The molecule has 0 saturated carbocycles. The average Bonchev–Trinajstić information content (AvgIpc) is 2.57. The van der Waals surface area contributed by atoms with Gasteiger partial charge in [-0.05, 0) is 29.1 Å². The van der Waals surface area contributed by atoms with Crippen molar-refractivity contribution in [1.29, 1.82) is 0 Å². The van der Waals surface area contributed by atoms with Gasteiger partial charge in [-0.1, -0.05) is 13.8 Å². The van der Waals surface area contributed by atoms with E-state index in [1.807, 2.05) is 23.9 Å². The molecule has 0 radical (unpaired) electrons. The van der Waals surface area contributed by atoms with Crippen LogP contribution in [0.3, 0.4) is 0 Å². The number of hydrogen-bond donors (Lipinski definition) is 1. The smallest absolute Gasteiger partial charge is 0.113 e. The van der Waals surface area contributed by atoms with E-state index < -0.39 is 0 Å². The van der Waals surface area contributed by atoms with E-state index in [0.717, 1.165) is 23.0 Å². The molecule has 0 fully saturated rings. The van der Waals surface area contributed by atoms with Crippen LogP contribution in [-0.2, 0) is 5.75 Å². The molecule has 0 N–H and O–H groups in total. The van der Waals surface area contributed by atoms with Gasteiger partial charge in [-0.3, -0.25) is 0 Å². The lowest BCUT2D eigenvalue weighted by Crippen LogP contribution is -2.16. The van der Waals surface area contributed by atoms with Crippen molar-refractivity contribution in [2.24, 2.45) is 5.41 Å². The van der Waals surface area contributed by atoms with Crippen LogP contribution in [0.15, 0.2) is 22.8 Å². The molecule has 13 heavy (non-hydrogen) atoms. The maximum Gasteiger partial charge on any atom is 0.113 e. The largest absolute Gasteiger partial charge is 0.468 e. The fraction of sp³-hybridized carbons (Fsp3) is 0.600. The fourth-order valence-electron chi connectivity index (χ4n) is 0.868. The molecule has 0 saturated heterocycles. The monoisotopic (exact) mass is 216 g/mol. The van der Waals surface area contributed by atoms with Crippen molar-refractivity contribution >= 4 is 24.4 Å². The van der Waals surface area contributed by atoms with Crippen LogP contribution in [0.2, 0.25) is 0 Å². The minimum atomic E-state index is 0.320. The van der Waals surface area contributed by atoms with Crippen molar-refractivity contribution in [3.63, 3.8) is 0 Å². The molecule has 0 aliphatic heterocycles. The molecule has 0 aliphatic rings. The van der Waals surface area contributed by atoms with E-state index in [0.29, 0.717) is 5.41 Å². The Kier molecular flexibility index (Phi) is 4.26. The highest BCUT2D eigenvalue weighted by Gasteiger charge is 2.15. The Bertz CT molecular complexity index is 229. The van der Waals surface area contributed by atoms with E-state index in [1.165, 1.54) is 0 Å². The van der Waals surface area contributed by atoms with Gasteiger partial charge < -0.3 is 4.42 Å². The van der Waals surface area contributed by atoms with Gasteiger partial charge in [-0.2, -0.15) is 24.4 Å². The zero-order valence-corrected chi connectivity index (χ0v) is 9.83. The third kappa shape index (κ3) is 4.14. The molecule has 1 aromatic rings. The molecule has 1 aromatic heterocycles. The highest BCUT2D eigenvalue weighted by Crippen LogP contribution is 2.25. The van der Waals surface area contributed by atoms with Crippen LogP contribution in [-0.4, -0.2) is 11.5 Å². The van der Waals surface area contributed by atoms with Crippen molar-refractivity contribution in [3.05, 3.63) is 24.2 Å². The first-order chi connectivity index (χ1) is 6.14. The molecular weight excluding hydrogens is 200 g/mol. The van der Waals surface area contributed by atoms with Crippen molar-refractivity contribution < 1.29 is 4.42 Å². The predicted molar refractivity (Wildman–Crippen MR) is 62.5 cm³/mol. The molecule has 0 aromatic carbocycles. The Labute approximate surface area is 89.7 Å². The summed E-state index contributed by atoms with van der Waals surface area (Å²) in [5, 5.41) is 0. The van der Waals surface area contributed by atoms with Crippen molar-refractivity contribution in [1.82, 2.24) is 0 Å². The third-order valence-electron chi connectivity index (χ3n) is 1.75. The molecule has 1 heterocycles. The Morgan fingerprint density at radius 1 is 1.54 bits per heavy atom. The number of rotatable bonds is 5. The second-order valence-electron chi connectivity index (χ2n) is 3.89. The fourth-order valence-corrected chi connectivity index (χ4v) is 2.25. The van der Waals surface area contributed by atoms with Crippen LogP contribution in [0, 0.1) is 5.41 Å². The molecule has 1 nitrogen and oxygen atoms in total. The summed E-state index contributed by atoms with van der Waals surface area (Å²) in [6, 6.07) is 3.94. The zero-order chi connectivity index (χ0) is 9.73. The Hall–Kier alpha value is -0.0200. The number of hydrogen-bond acceptors (Lipinski definition) is 3. The zero-order valence-electron chi connectivity index (χ0n) is 8.12. The van der Waals surface area contributed by atoms with Gasteiger partial charge in [0.15, 0.2) is 0 Å². The molecule has 74 valence electrons. The van der Waals surface area contributed by atoms with Crippen LogP contribution in [0.25, 0.3) is 0 Å². The Balaban J connectivity index is 2.21. The average molecular weight is 216 g/mol. The first-order valence-electron chi connectivity index (χ1n) is 4.35. The van der Waals surface area contributed by atoms with E-state index in [2.05, 4.69) is 26.5 Å². The second-order valence-corrected chi connectivity index (χ2v) is 5.20. The van der Waals surface area contributed by atoms with Crippen LogP contribution in [0.4, 0.5) is 0 Å². The van der Waals surface area contributed by atoms with E-state index in [-0.39, 0.29) is 0 Å². The standard InChI is InChI=1S/C10H16OS2/c1-10(2,7-12)8-13-6-9-4-3-5-11-9/h3-5,12H,6-8H2,1-2H3. The lowest BCUT2D eigenvalue weighted by molar-refractivity contribution is 0.492. The molecule has 0 unspecified atom stereocenters. The second kappa shape index (κ2) is 5.01. The third-order valence-corrected chi connectivity index (χ3v) is 4.08. The lowest BCUT2D eigenvalue weighted by atomic mass is 10.0. The van der Waals surface area contributed by atoms with Crippen LogP contribution < -0.4 is 0 Å². The first kappa shape index (κ1) is 11.1. The summed E-state index contributed by atoms with van der Waals surface area (Å²) in [6.07, 6.45) is 1.72. The number of thiol groups is 1. The van der Waals surface area contributed by atoms with E-state index in [9.17, 15) is 0 Å². The first-order valence-corrected chi connectivity index (χ1v) is 6.14. The number of thioether (sulfide) groups is 1. The maximum absolute atomic E-state index is 5.24. The summed E-state index contributed by atoms with van der Waals surface area (Å²) < 4.78 is 5.24. The SMILES string of the molecule is CC(C)(CS)CSCc1ccco1. The molecular formula is C10H16OS2. The minimum Gasteiger partial charge on any atom is -0.468 e. The van der Waals surface area contributed by atoms with Gasteiger partial charge in [0.1, 0.15) is 5.76 Å². The summed E-state index contributed by atoms with van der Waals surface area (Å²) in [4.78, 5) is 0. The molecule has 0 spiro atoms. The lowest BCUT2D eigenvalue weighted by Gasteiger charge is -2.20. The summed E-state index contributed by atoms with van der Waals surface area (Å²) in [7, 11) is 0. The van der Waals surface area contributed by atoms with Gasteiger partial charge in [0.25, 0.3) is 0 Å². The van der Waals surface area contributed by atoms with E-state index in [1.54, 1.807) is 6.26 Å². The van der Waals surface area contributed by atoms with Crippen molar-refractivity contribution in [3.8, 4) is 0 Å². The van der Waals surface area contributed by atoms with E-state index >= 15 is 0 Å². The van der Waals surface area contributed by atoms with Crippen molar-refractivity contribution in [2.45, 2.75) is 19.6 Å². The Morgan fingerprint density at radius 2 is 2.31 bits per heavy atom. The quantitative estimate of drug-likeness (QED) is 0.757. The molecule has 0 bridgehead atoms. The molecule has 0 atom stereocenters. The maximum atomic E-state index is 5.24. The summed E-state index contributed by atoms with van der Waals surface area (Å²) in [5.74, 6) is 4.07. The van der Waals surface area contributed by atoms with Crippen LogP contribution in [0.5, 0.6) is 0 Å². The Morgan fingerprint density at radius 3 is 2.85 bits per heavy atom. The van der Waals surface area contributed by atoms with Gasteiger partial charge >= 0.3 is 0 Å². The van der Waals surface area contributed by atoms with Gasteiger partial charge in [0.2, 0.25) is 0 Å². The normalized spacial score (nSPS) is 11.9. The van der Waals surface area contributed by atoms with Crippen LogP contribution >= 0.6 is 24.4 Å². The topological polar surface area (TPSA) is 13.1 Å². The highest BCUT2D eigenvalue weighted by atomic mass is 32.2. The van der Waals surface area contributed by atoms with Gasteiger partial charge in [0, 0.05) is 0 Å². The molecule has 1 rings (SSSR count). The predicted octanol–water partition coefficient (Wildman–Crippen LogP) is 3.47. The molecule has 3 heteroatoms.